The first-order valence-corrected chi connectivity index (χ1v) is 9.35. The van der Waals surface area contributed by atoms with E-state index in [-0.39, 0.29) is 5.69 Å². The predicted molar refractivity (Wildman–Crippen MR) is 105 cm³/mol. The van der Waals surface area contributed by atoms with Gasteiger partial charge in [0.15, 0.2) is 6.10 Å². The van der Waals surface area contributed by atoms with Crippen molar-refractivity contribution in [3.63, 3.8) is 0 Å². The zero-order valence-electron chi connectivity index (χ0n) is 15.3. The summed E-state index contributed by atoms with van der Waals surface area (Å²) in [7, 11) is 0. The van der Waals surface area contributed by atoms with Crippen LogP contribution in [0.4, 0.5) is 15.8 Å². The third kappa shape index (κ3) is 2.72. The molecule has 2 fully saturated rings. The average molecular weight is 388 g/mol. The Bertz CT molecular complexity index is 1070. The maximum atomic E-state index is 14.3. The van der Waals surface area contributed by atoms with Crippen LogP contribution in [-0.2, 0) is 14.4 Å². The van der Waals surface area contributed by atoms with Crippen LogP contribution in [0.15, 0.2) is 84.9 Å². The van der Waals surface area contributed by atoms with Crippen molar-refractivity contribution in [3.05, 3.63) is 96.3 Å². The van der Waals surface area contributed by atoms with Crippen LogP contribution < -0.4 is 9.96 Å². The lowest BCUT2D eigenvalue weighted by Crippen LogP contribution is -2.37. The predicted octanol–water partition coefficient (Wildman–Crippen LogP) is 3.88. The normalized spacial score (nSPS) is 23.6. The molecule has 2 aliphatic rings. The number of carbonyl (C=O) groups is 2. The molecule has 0 spiro atoms. The summed E-state index contributed by atoms with van der Waals surface area (Å²) in [5, 5.41) is 1.62. The highest BCUT2D eigenvalue weighted by Crippen LogP contribution is 2.47. The van der Waals surface area contributed by atoms with Gasteiger partial charge in [-0.25, -0.2) is 14.4 Å². The number of fused-ring (bicyclic) bond motifs is 1. The highest BCUT2D eigenvalue weighted by molar-refractivity contribution is 6.24. The van der Waals surface area contributed by atoms with Gasteiger partial charge in [-0.05, 0) is 29.8 Å². The van der Waals surface area contributed by atoms with Crippen molar-refractivity contribution in [1.82, 2.24) is 0 Å². The Labute approximate surface area is 166 Å². The summed E-state index contributed by atoms with van der Waals surface area (Å²) in [5.41, 5.74) is 1.55. The second-order valence-electron chi connectivity index (χ2n) is 7.03. The summed E-state index contributed by atoms with van der Waals surface area (Å²) in [5.74, 6) is -2.41. The second-order valence-corrected chi connectivity index (χ2v) is 7.03. The third-order valence-electron chi connectivity index (χ3n) is 5.36. The molecule has 6 heteroatoms. The van der Waals surface area contributed by atoms with E-state index in [2.05, 4.69) is 0 Å². The topological polar surface area (TPSA) is 49.9 Å². The van der Waals surface area contributed by atoms with Crippen LogP contribution in [0.2, 0.25) is 0 Å². The molecule has 0 aliphatic carbocycles. The van der Waals surface area contributed by atoms with Crippen LogP contribution >= 0.6 is 0 Å². The number of benzene rings is 3. The number of amides is 2. The van der Waals surface area contributed by atoms with E-state index >= 15 is 0 Å². The van der Waals surface area contributed by atoms with Gasteiger partial charge in [0.2, 0.25) is 5.91 Å². The minimum absolute atomic E-state index is 0.0430. The first-order valence-electron chi connectivity index (χ1n) is 9.35. The summed E-state index contributed by atoms with van der Waals surface area (Å²) < 4.78 is 14.3. The van der Waals surface area contributed by atoms with E-state index < -0.39 is 35.7 Å². The average Bonchev–Trinajstić information content (AvgIpc) is 3.26. The molecular weight excluding hydrogens is 371 g/mol. The molecule has 2 saturated heterocycles. The van der Waals surface area contributed by atoms with E-state index in [0.29, 0.717) is 0 Å². The largest absolute Gasteiger partial charge is 0.273 e. The van der Waals surface area contributed by atoms with Crippen LogP contribution in [0.25, 0.3) is 0 Å². The molecule has 0 N–H and O–H groups in total. The van der Waals surface area contributed by atoms with Crippen molar-refractivity contribution < 1.29 is 18.8 Å². The van der Waals surface area contributed by atoms with E-state index in [1.165, 1.54) is 18.2 Å². The molecule has 0 aromatic heterocycles. The maximum Gasteiger partial charge on any atom is 0.266 e. The number of hydrogen-bond donors (Lipinski definition) is 0. The Balaban J connectivity index is 1.60. The lowest BCUT2D eigenvalue weighted by Gasteiger charge is -2.28. The van der Waals surface area contributed by atoms with Gasteiger partial charge in [-0.15, -0.1) is 0 Å². The number of hydroxylamine groups is 1. The van der Waals surface area contributed by atoms with Crippen molar-refractivity contribution >= 4 is 23.2 Å². The molecule has 2 amide bonds. The van der Waals surface area contributed by atoms with Gasteiger partial charge in [-0.3, -0.25) is 14.4 Å². The standard InChI is InChI=1S/C23H17FN2O3/c24-17-13-7-8-14-18(17)25-22(27)19-20(15-9-3-1-4-10-15)26(29-21(19)23(25)28)16-11-5-2-6-12-16/h1-14,19-21H/t19-,20-,21-/m1/s1. The fraction of sp³-hybridized carbons (Fsp3) is 0.130. The van der Waals surface area contributed by atoms with Gasteiger partial charge < -0.3 is 0 Å². The highest BCUT2D eigenvalue weighted by Gasteiger charge is 2.60. The SMILES string of the molecule is O=C1[C@@H]2[C@@H](c3ccccc3)N(c3ccccc3)O[C@H]2C(=O)N1c1ccccc1F. The summed E-state index contributed by atoms with van der Waals surface area (Å²) in [6.45, 7) is 0. The van der Waals surface area contributed by atoms with Gasteiger partial charge in [0, 0.05) is 0 Å². The number of imide groups is 1. The van der Waals surface area contributed by atoms with Gasteiger partial charge in [0.1, 0.15) is 11.7 Å². The Morgan fingerprint density at radius 3 is 2.07 bits per heavy atom. The van der Waals surface area contributed by atoms with E-state index in [9.17, 15) is 14.0 Å². The van der Waals surface area contributed by atoms with Crippen molar-refractivity contribution in [3.8, 4) is 0 Å². The molecule has 29 heavy (non-hydrogen) atoms. The fourth-order valence-corrected chi connectivity index (χ4v) is 4.07. The summed E-state index contributed by atoms with van der Waals surface area (Å²) in [6, 6.07) is 24.0. The molecule has 3 aromatic carbocycles. The smallest absolute Gasteiger partial charge is 0.266 e. The molecule has 3 atom stereocenters. The summed E-state index contributed by atoms with van der Waals surface area (Å²) in [4.78, 5) is 33.4. The first kappa shape index (κ1) is 17.6. The number of nitrogens with zero attached hydrogens (tertiary/aromatic N) is 2. The molecule has 2 aliphatic heterocycles. The molecule has 5 nitrogen and oxygen atoms in total. The van der Waals surface area contributed by atoms with Crippen LogP contribution in [0, 0.1) is 11.7 Å². The van der Waals surface area contributed by atoms with Gasteiger partial charge >= 0.3 is 0 Å². The number of anilines is 2. The first-order chi connectivity index (χ1) is 14.2. The molecule has 0 radical (unpaired) electrons. The molecule has 0 saturated carbocycles. The molecule has 144 valence electrons. The zero-order chi connectivity index (χ0) is 20.0. The molecular formula is C23H17FN2O3. The van der Waals surface area contributed by atoms with Crippen molar-refractivity contribution in [2.45, 2.75) is 12.1 Å². The lowest BCUT2D eigenvalue weighted by atomic mass is 9.90. The Morgan fingerprint density at radius 2 is 1.38 bits per heavy atom. The monoisotopic (exact) mass is 388 g/mol. The number of hydrogen-bond acceptors (Lipinski definition) is 4. The molecule has 2 heterocycles. The fourth-order valence-electron chi connectivity index (χ4n) is 4.07. The Morgan fingerprint density at radius 1 is 0.759 bits per heavy atom. The quantitative estimate of drug-likeness (QED) is 0.639. The van der Waals surface area contributed by atoms with E-state index in [1.807, 2.05) is 60.7 Å². The Hall–Kier alpha value is -3.51. The van der Waals surface area contributed by atoms with Crippen LogP contribution in [0.1, 0.15) is 11.6 Å². The van der Waals surface area contributed by atoms with Gasteiger partial charge in [0.25, 0.3) is 5.91 Å². The minimum Gasteiger partial charge on any atom is -0.273 e. The Kier molecular flexibility index (Phi) is 4.14. The highest BCUT2D eigenvalue weighted by atomic mass is 19.1. The summed E-state index contributed by atoms with van der Waals surface area (Å²) in [6.07, 6.45) is -1.01. The zero-order valence-corrected chi connectivity index (χ0v) is 15.3. The van der Waals surface area contributed by atoms with E-state index in [0.717, 1.165) is 16.2 Å². The molecule has 3 aromatic rings. The molecule has 0 bridgehead atoms. The van der Waals surface area contributed by atoms with Crippen molar-refractivity contribution in [1.29, 1.82) is 0 Å². The molecule has 0 unspecified atom stereocenters. The number of rotatable bonds is 3. The van der Waals surface area contributed by atoms with Gasteiger partial charge in [-0.1, -0.05) is 60.7 Å². The van der Waals surface area contributed by atoms with Gasteiger partial charge in [0.05, 0.1) is 17.4 Å². The number of carbonyl (C=O) groups excluding carboxylic acids is 2. The minimum atomic E-state index is -1.01. The second kappa shape index (κ2) is 6.83. The third-order valence-corrected chi connectivity index (χ3v) is 5.36. The van der Waals surface area contributed by atoms with Crippen molar-refractivity contribution in [2.75, 3.05) is 9.96 Å². The van der Waals surface area contributed by atoms with Crippen LogP contribution in [-0.4, -0.2) is 17.9 Å². The number of halogens is 1. The van der Waals surface area contributed by atoms with Gasteiger partial charge in [-0.2, -0.15) is 0 Å². The van der Waals surface area contributed by atoms with E-state index in [4.69, 9.17) is 4.84 Å². The number of para-hydroxylation sites is 2. The van der Waals surface area contributed by atoms with Crippen LogP contribution in [0.5, 0.6) is 0 Å². The molecule has 5 rings (SSSR count). The van der Waals surface area contributed by atoms with Crippen LogP contribution in [0.3, 0.4) is 0 Å². The maximum absolute atomic E-state index is 14.3. The van der Waals surface area contributed by atoms with E-state index in [1.54, 1.807) is 11.1 Å². The summed E-state index contributed by atoms with van der Waals surface area (Å²) >= 11 is 0. The van der Waals surface area contributed by atoms with Crippen molar-refractivity contribution in [2.24, 2.45) is 5.92 Å². The lowest BCUT2D eigenvalue weighted by molar-refractivity contribution is -0.126.